The SMILES string of the molecule is Cc1cc(-c2cc(NC(=O)c3ccc(C(C)(C)C)cc3)n(-c3ccccc3)n2)c(C)n1-c1cccc(C(F)(F)F)c1. The molecule has 0 radical (unpaired) electrons. The van der Waals surface area contributed by atoms with E-state index in [1.165, 1.54) is 6.07 Å². The zero-order valence-electron chi connectivity index (χ0n) is 23.5. The number of nitrogens with one attached hydrogen (secondary N) is 1. The Bertz CT molecular complexity index is 1710. The zero-order chi connectivity index (χ0) is 29.5. The lowest BCUT2D eigenvalue weighted by atomic mass is 9.87. The molecule has 0 fully saturated rings. The van der Waals surface area contributed by atoms with Crippen LogP contribution in [0.2, 0.25) is 0 Å². The van der Waals surface area contributed by atoms with Crippen molar-refractivity contribution in [2.45, 2.75) is 46.2 Å². The number of hydrogen-bond donors (Lipinski definition) is 1. The van der Waals surface area contributed by atoms with E-state index in [0.29, 0.717) is 22.8 Å². The van der Waals surface area contributed by atoms with Crippen molar-refractivity contribution in [3.63, 3.8) is 0 Å². The summed E-state index contributed by atoms with van der Waals surface area (Å²) in [5.41, 5.74) is 4.89. The molecule has 2 aromatic heterocycles. The summed E-state index contributed by atoms with van der Waals surface area (Å²) < 4.78 is 43.7. The normalized spacial score (nSPS) is 12.0. The van der Waals surface area contributed by atoms with Crippen LogP contribution in [0.15, 0.2) is 91.0 Å². The monoisotopic (exact) mass is 556 g/mol. The molecular formula is C33H31F3N4O. The molecular weight excluding hydrogens is 525 g/mol. The lowest BCUT2D eigenvalue weighted by Crippen LogP contribution is -2.16. The molecule has 0 aliphatic carbocycles. The maximum absolute atomic E-state index is 13.4. The molecule has 0 unspecified atom stereocenters. The van der Waals surface area contributed by atoms with Gasteiger partial charge in [-0.25, -0.2) is 4.68 Å². The van der Waals surface area contributed by atoms with E-state index in [1.54, 1.807) is 21.4 Å². The van der Waals surface area contributed by atoms with Gasteiger partial charge < -0.3 is 9.88 Å². The number of nitrogens with zero attached hydrogens (tertiary/aromatic N) is 3. The van der Waals surface area contributed by atoms with Crippen LogP contribution >= 0.6 is 0 Å². The number of benzene rings is 3. The number of hydrogen-bond acceptors (Lipinski definition) is 2. The number of alkyl halides is 3. The molecule has 3 aromatic carbocycles. The van der Waals surface area contributed by atoms with Crippen molar-refractivity contribution in [2.24, 2.45) is 0 Å². The van der Waals surface area contributed by atoms with Crippen LogP contribution in [0.3, 0.4) is 0 Å². The standard InChI is InChI=1S/C33H31F3N4O/c1-21-18-28(22(2)39(21)27-13-9-10-25(19-27)33(34,35)36)29-20-30(40(38-29)26-11-7-6-8-12-26)37-31(41)23-14-16-24(17-15-23)32(3,4)5/h6-20H,1-5H3,(H,37,41). The van der Waals surface area contributed by atoms with E-state index in [0.717, 1.165) is 40.3 Å². The Morgan fingerprint density at radius 1 is 0.780 bits per heavy atom. The zero-order valence-corrected chi connectivity index (χ0v) is 23.5. The van der Waals surface area contributed by atoms with Gasteiger partial charge in [0.2, 0.25) is 0 Å². The minimum Gasteiger partial charge on any atom is -0.318 e. The third kappa shape index (κ3) is 5.68. The first-order valence-corrected chi connectivity index (χ1v) is 13.3. The van der Waals surface area contributed by atoms with Crippen LogP contribution in [0.25, 0.3) is 22.6 Å². The van der Waals surface area contributed by atoms with E-state index < -0.39 is 11.7 Å². The van der Waals surface area contributed by atoms with E-state index in [2.05, 4.69) is 26.1 Å². The highest BCUT2D eigenvalue weighted by Gasteiger charge is 2.31. The van der Waals surface area contributed by atoms with E-state index >= 15 is 0 Å². The Hall–Kier alpha value is -4.59. The number of para-hydroxylation sites is 1. The third-order valence-electron chi connectivity index (χ3n) is 7.10. The fourth-order valence-electron chi connectivity index (χ4n) is 4.92. The maximum atomic E-state index is 13.4. The van der Waals surface area contributed by atoms with Crippen LogP contribution < -0.4 is 5.32 Å². The molecule has 210 valence electrons. The van der Waals surface area contributed by atoms with E-state index in [1.807, 2.05) is 74.5 Å². The van der Waals surface area contributed by atoms with Crippen LogP contribution in [0, 0.1) is 13.8 Å². The van der Waals surface area contributed by atoms with Gasteiger partial charge in [-0.05, 0) is 73.4 Å². The van der Waals surface area contributed by atoms with E-state index in [4.69, 9.17) is 5.10 Å². The Balaban J connectivity index is 1.54. The predicted molar refractivity (Wildman–Crippen MR) is 156 cm³/mol. The highest BCUT2D eigenvalue weighted by Crippen LogP contribution is 2.34. The summed E-state index contributed by atoms with van der Waals surface area (Å²) in [4.78, 5) is 13.3. The highest BCUT2D eigenvalue weighted by molar-refractivity contribution is 6.04. The number of carbonyl (C=O) groups is 1. The summed E-state index contributed by atoms with van der Waals surface area (Å²) in [6.45, 7) is 10.0. The Labute approximate surface area is 237 Å². The van der Waals surface area contributed by atoms with Crippen molar-refractivity contribution in [1.82, 2.24) is 14.3 Å². The molecule has 1 N–H and O–H groups in total. The van der Waals surface area contributed by atoms with Crippen molar-refractivity contribution in [3.05, 3.63) is 119 Å². The molecule has 2 heterocycles. The number of aryl methyl sites for hydroxylation is 1. The fourth-order valence-corrected chi connectivity index (χ4v) is 4.92. The van der Waals surface area contributed by atoms with E-state index in [-0.39, 0.29) is 11.3 Å². The second-order valence-corrected chi connectivity index (χ2v) is 11.1. The average molecular weight is 557 g/mol. The number of carbonyl (C=O) groups excluding carboxylic acids is 1. The summed E-state index contributed by atoms with van der Waals surface area (Å²) >= 11 is 0. The van der Waals surface area contributed by atoms with Crippen LogP contribution in [0.1, 0.15) is 53.6 Å². The first kappa shape index (κ1) is 28.0. The van der Waals surface area contributed by atoms with Crippen molar-refractivity contribution in [3.8, 4) is 22.6 Å². The molecule has 1 amide bonds. The molecule has 41 heavy (non-hydrogen) atoms. The number of amides is 1. The smallest absolute Gasteiger partial charge is 0.318 e. The molecule has 0 saturated heterocycles. The largest absolute Gasteiger partial charge is 0.416 e. The summed E-state index contributed by atoms with van der Waals surface area (Å²) in [7, 11) is 0. The lowest BCUT2D eigenvalue weighted by molar-refractivity contribution is -0.137. The van der Waals surface area contributed by atoms with Gasteiger partial charge in [0, 0.05) is 34.3 Å². The topological polar surface area (TPSA) is 51.9 Å². The van der Waals surface area contributed by atoms with Gasteiger partial charge in [0.25, 0.3) is 5.91 Å². The summed E-state index contributed by atoms with van der Waals surface area (Å²) in [5, 5.41) is 7.82. The minimum absolute atomic E-state index is 0.0315. The van der Waals surface area contributed by atoms with Gasteiger partial charge in [-0.3, -0.25) is 4.79 Å². The van der Waals surface area contributed by atoms with Crippen molar-refractivity contribution in [1.29, 1.82) is 0 Å². The first-order chi connectivity index (χ1) is 19.3. The summed E-state index contributed by atoms with van der Waals surface area (Å²) in [6.07, 6.45) is -4.44. The molecule has 0 spiro atoms. The molecule has 5 nitrogen and oxygen atoms in total. The Kier molecular flexibility index (Phi) is 7.11. The van der Waals surface area contributed by atoms with Gasteiger partial charge in [0.1, 0.15) is 5.82 Å². The number of aromatic nitrogens is 3. The molecule has 5 rings (SSSR count). The van der Waals surface area contributed by atoms with Crippen LogP contribution in [-0.4, -0.2) is 20.3 Å². The van der Waals surface area contributed by atoms with E-state index in [9.17, 15) is 18.0 Å². The maximum Gasteiger partial charge on any atom is 0.416 e. The Morgan fingerprint density at radius 3 is 2.07 bits per heavy atom. The fraction of sp³-hybridized carbons (Fsp3) is 0.212. The second kappa shape index (κ2) is 10.4. The quantitative estimate of drug-likeness (QED) is 0.236. The van der Waals surface area contributed by atoms with Crippen molar-refractivity contribution in [2.75, 3.05) is 5.32 Å². The molecule has 0 bridgehead atoms. The lowest BCUT2D eigenvalue weighted by Gasteiger charge is -2.19. The van der Waals surface area contributed by atoms with Crippen LogP contribution in [-0.2, 0) is 11.6 Å². The van der Waals surface area contributed by atoms with Gasteiger partial charge in [-0.2, -0.15) is 18.3 Å². The van der Waals surface area contributed by atoms with Crippen LogP contribution in [0.5, 0.6) is 0 Å². The molecule has 0 aliphatic heterocycles. The molecule has 8 heteroatoms. The van der Waals surface area contributed by atoms with Gasteiger partial charge >= 0.3 is 6.18 Å². The highest BCUT2D eigenvalue weighted by atomic mass is 19.4. The number of halogens is 3. The second-order valence-electron chi connectivity index (χ2n) is 11.1. The molecule has 0 aliphatic rings. The molecule has 5 aromatic rings. The van der Waals surface area contributed by atoms with Crippen molar-refractivity contribution >= 4 is 11.7 Å². The Morgan fingerprint density at radius 2 is 1.44 bits per heavy atom. The molecule has 0 atom stereocenters. The molecule has 0 saturated carbocycles. The summed E-state index contributed by atoms with van der Waals surface area (Å²) in [5.74, 6) is 0.198. The number of rotatable bonds is 5. The van der Waals surface area contributed by atoms with Crippen molar-refractivity contribution < 1.29 is 18.0 Å². The first-order valence-electron chi connectivity index (χ1n) is 13.3. The van der Waals surface area contributed by atoms with Gasteiger partial charge in [0.15, 0.2) is 0 Å². The summed E-state index contributed by atoms with van der Waals surface area (Å²) in [6, 6.07) is 25.9. The van der Waals surface area contributed by atoms with Gasteiger partial charge in [-0.1, -0.05) is 57.2 Å². The van der Waals surface area contributed by atoms with Gasteiger partial charge in [-0.15, -0.1) is 0 Å². The van der Waals surface area contributed by atoms with Gasteiger partial charge in [0.05, 0.1) is 16.9 Å². The van der Waals surface area contributed by atoms with Crippen LogP contribution in [0.4, 0.5) is 19.0 Å². The number of anilines is 1. The third-order valence-corrected chi connectivity index (χ3v) is 7.10. The predicted octanol–water partition coefficient (Wildman–Crippen LogP) is 8.52. The minimum atomic E-state index is -4.44. The average Bonchev–Trinajstić information content (AvgIpc) is 3.48.